The number of nitrogens with zero attached hydrogens (tertiary/aromatic N) is 5. The molecule has 0 spiro atoms. The third-order valence-electron chi connectivity index (χ3n) is 4.47. The number of aryl methyl sites for hydroxylation is 2. The van der Waals surface area contributed by atoms with E-state index >= 15 is 0 Å². The first-order valence-corrected chi connectivity index (χ1v) is 9.65. The fraction of sp³-hybridized carbons (Fsp3) is 0.421. The van der Waals surface area contributed by atoms with Crippen LogP contribution in [-0.2, 0) is 7.05 Å². The highest BCUT2D eigenvalue weighted by molar-refractivity contribution is 7.22. The van der Waals surface area contributed by atoms with Gasteiger partial charge in [-0.15, -0.1) is 0 Å². The molecule has 0 saturated heterocycles. The average molecular weight is 404 g/mol. The van der Waals surface area contributed by atoms with Gasteiger partial charge in [0.05, 0.1) is 20.4 Å². The maximum Gasteiger partial charge on any atom is 0.278 e. The van der Waals surface area contributed by atoms with Gasteiger partial charge in [0.2, 0.25) is 0 Å². The molecule has 8 nitrogen and oxygen atoms in total. The number of likely N-dealkylation sites (N-methyl/N-ethyl adjacent to an activating group) is 1. The van der Waals surface area contributed by atoms with Gasteiger partial charge in [-0.1, -0.05) is 11.3 Å². The van der Waals surface area contributed by atoms with Crippen LogP contribution >= 0.6 is 11.3 Å². The van der Waals surface area contributed by atoms with Crippen LogP contribution in [0.1, 0.15) is 16.1 Å². The van der Waals surface area contributed by atoms with Gasteiger partial charge in [-0.2, -0.15) is 5.10 Å². The Hall–Kier alpha value is -2.65. The smallest absolute Gasteiger partial charge is 0.278 e. The number of amides is 1. The zero-order chi connectivity index (χ0) is 20.4. The second-order valence-electron chi connectivity index (χ2n) is 6.70. The number of methoxy groups -OCH3 is 2. The highest BCUT2D eigenvalue weighted by atomic mass is 32.1. The number of fused-ring (bicyclic) bond motifs is 1. The Balaban J connectivity index is 2.11. The summed E-state index contributed by atoms with van der Waals surface area (Å²) >= 11 is 1.42. The third-order valence-corrected chi connectivity index (χ3v) is 5.56. The van der Waals surface area contributed by atoms with Crippen LogP contribution in [-0.4, -0.2) is 67.0 Å². The van der Waals surface area contributed by atoms with E-state index in [4.69, 9.17) is 14.5 Å². The molecule has 9 heteroatoms. The molecule has 1 aromatic carbocycles. The molecule has 2 heterocycles. The van der Waals surface area contributed by atoms with Gasteiger partial charge in [-0.25, -0.2) is 4.98 Å². The van der Waals surface area contributed by atoms with Crippen molar-refractivity contribution in [2.45, 2.75) is 6.92 Å². The lowest BCUT2D eigenvalue weighted by Crippen LogP contribution is -2.38. The highest BCUT2D eigenvalue weighted by Gasteiger charge is 2.26. The minimum absolute atomic E-state index is 0.128. The molecule has 2 aromatic heterocycles. The number of carbonyl (C=O) groups excluding carboxylic acids is 1. The number of hydrogen-bond donors (Lipinski definition) is 0. The minimum Gasteiger partial charge on any atom is -0.495 e. The number of rotatable bonds is 7. The van der Waals surface area contributed by atoms with Crippen molar-refractivity contribution in [3.05, 3.63) is 29.6 Å². The van der Waals surface area contributed by atoms with Gasteiger partial charge in [0.1, 0.15) is 27.4 Å². The van der Waals surface area contributed by atoms with Crippen molar-refractivity contribution in [2.24, 2.45) is 7.05 Å². The van der Waals surface area contributed by atoms with Crippen molar-refractivity contribution in [3.8, 4) is 11.5 Å². The number of anilines is 1. The summed E-state index contributed by atoms with van der Waals surface area (Å²) in [6.45, 7) is 3.09. The second-order valence-corrected chi connectivity index (χ2v) is 7.68. The Morgan fingerprint density at radius 2 is 1.86 bits per heavy atom. The van der Waals surface area contributed by atoms with Crippen molar-refractivity contribution in [2.75, 3.05) is 46.3 Å². The standard InChI is InChI=1S/C19H25N5O3S/c1-12-11-20-23(4)16(12)18(25)24(10-9-22(2)3)19-21-15-13(26-5)7-8-14(27-6)17(15)28-19/h7-8,11H,9-10H2,1-6H3. The Morgan fingerprint density at radius 3 is 2.43 bits per heavy atom. The van der Waals surface area contributed by atoms with Gasteiger partial charge in [-0.3, -0.25) is 14.4 Å². The summed E-state index contributed by atoms with van der Waals surface area (Å²) in [4.78, 5) is 21.9. The molecule has 0 aliphatic carbocycles. The number of hydrogen-bond acceptors (Lipinski definition) is 7. The molecule has 0 N–H and O–H groups in total. The van der Waals surface area contributed by atoms with Gasteiger partial charge < -0.3 is 14.4 Å². The summed E-state index contributed by atoms with van der Waals surface area (Å²) in [5.41, 5.74) is 2.07. The van der Waals surface area contributed by atoms with E-state index in [9.17, 15) is 4.79 Å². The minimum atomic E-state index is -0.128. The fourth-order valence-corrected chi connectivity index (χ4v) is 4.05. The molecular weight excluding hydrogens is 378 g/mol. The lowest BCUT2D eigenvalue weighted by atomic mass is 10.2. The lowest BCUT2D eigenvalue weighted by molar-refractivity contribution is 0.0975. The first-order chi connectivity index (χ1) is 13.4. The van der Waals surface area contributed by atoms with Crippen molar-refractivity contribution in [1.82, 2.24) is 19.7 Å². The second kappa shape index (κ2) is 8.15. The molecule has 0 fully saturated rings. The zero-order valence-corrected chi connectivity index (χ0v) is 17.8. The summed E-state index contributed by atoms with van der Waals surface area (Å²) in [6.07, 6.45) is 1.70. The first kappa shape index (κ1) is 20.1. The fourth-order valence-electron chi connectivity index (χ4n) is 2.96. The van der Waals surface area contributed by atoms with Crippen molar-refractivity contribution in [3.63, 3.8) is 0 Å². The largest absolute Gasteiger partial charge is 0.495 e. The summed E-state index contributed by atoms with van der Waals surface area (Å²) in [5.74, 6) is 1.22. The van der Waals surface area contributed by atoms with Crippen LogP contribution in [0.5, 0.6) is 11.5 Å². The monoisotopic (exact) mass is 403 g/mol. The van der Waals surface area contributed by atoms with E-state index in [0.29, 0.717) is 40.9 Å². The number of aromatic nitrogens is 3. The van der Waals surface area contributed by atoms with E-state index in [1.54, 1.807) is 37.0 Å². The topological polar surface area (TPSA) is 72.7 Å². The molecule has 3 aromatic rings. The van der Waals surface area contributed by atoms with Gasteiger partial charge in [0.25, 0.3) is 5.91 Å². The predicted molar refractivity (Wildman–Crippen MR) is 111 cm³/mol. The normalized spacial score (nSPS) is 11.2. The Labute approximate surface area is 168 Å². The Morgan fingerprint density at radius 1 is 1.18 bits per heavy atom. The summed E-state index contributed by atoms with van der Waals surface area (Å²) in [5, 5.41) is 4.81. The van der Waals surface area contributed by atoms with Crippen molar-refractivity contribution in [1.29, 1.82) is 0 Å². The average Bonchev–Trinajstić information content (AvgIpc) is 3.24. The van der Waals surface area contributed by atoms with E-state index in [0.717, 1.165) is 10.3 Å². The highest BCUT2D eigenvalue weighted by Crippen LogP contribution is 2.40. The van der Waals surface area contributed by atoms with E-state index < -0.39 is 0 Å². The third kappa shape index (κ3) is 3.67. The maximum absolute atomic E-state index is 13.4. The quantitative estimate of drug-likeness (QED) is 0.604. The molecule has 0 saturated carbocycles. The molecule has 150 valence electrons. The van der Waals surface area contributed by atoms with Crippen LogP contribution in [0.4, 0.5) is 5.13 Å². The summed E-state index contributed by atoms with van der Waals surface area (Å²) in [7, 11) is 8.95. The number of ether oxygens (including phenoxy) is 2. The van der Waals surface area contributed by atoms with Crippen LogP contribution in [0.15, 0.2) is 18.3 Å². The van der Waals surface area contributed by atoms with Crippen LogP contribution in [0.25, 0.3) is 10.2 Å². The predicted octanol–water partition coefficient (Wildman–Crippen LogP) is 2.56. The molecule has 1 amide bonds. The Bertz CT molecular complexity index is 935. The van der Waals surface area contributed by atoms with E-state index in [2.05, 4.69) is 5.10 Å². The van der Waals surface area contributed by atoms with E-state index in [1.807, 2.05) is 38.1 Å². The lowest BCUT2D eigenvalue weighted by Gasteiger charge is -2.22. The molecule has 0 atom stereocenters. The van der Waals surface area contributed by atoms with Gasteiger partial charge in [0.15, 0.2) is 5.13 Å². The van der Waals surface area contributed by atoms with Crippen molar-refractivity contribution >= 4 is 32.6 Å². The van der Waals surface area contributed by atoms with Gasteiger partial charge in [-0.05, 0) is 38.7 Å². The SMILES string of the molecule is COc1ccc(OC)c2sc(N(CCN(C)C)C(=O)c3c(C)cnn3C)nc12. The number of carbonyl (C=O) groups is 1. The van der Waals surface area contributed by atoms with Crippen LogP contribution < -0.4 is 14.4 Å². The molecule has 3 rings (SSSR count). The van der Waals surface area contributed by atoms with E-state index in [-0.39, 0.29) is 5.91 Å². The van der Waals surface area contributed by atoms with Gasteiger partial charge in [0, 0.05) is 20.1 Å². The molecule has 0 bridgehead atoms. The maximum atomic E-state index is 13.4. The molecule has 0 aliphatic rings. The molecule has 0 unspecified atom stereocenters. The molecule has 0 aliphatic heterocycles. The molecule has 0 radical (unpaired) electrons. The van der Waals surface area contributed by atoms with Crippen LogP contribution in [0.2, 0.25) is 0 Å². The number of thiazole rings is 1. The summed E-state index contributed by atoms with van der Waals surface area (Å²) in [6, 6.07) is 3.67. The van der Waals surface area contributed by atoms with Gasteiger partial charge >= 0.3 is 0 Å². The van der Waals surface area contributed by atoms with Crippen molar-refractivity contribution < 1.29 is 14.3 Å². The molecule has 28 heavy (non-hydrogen) atoms. The molecular formula is C19H25N5O3S. The van der Waals surface area contributed by atoms with E-state index in [1.165, 1.54) is 11.3 Å². The summed E-state index contributed by atoms with van der Waals surface area (Å²) < 4.78 is 13.4. The zero-order valence-electron chi connectivity index (χ0n) is 17.0. The van der Waals surface area contributed by atoms with Crippen LogP contribution in [0, 0.1) is 6.92 Å². The Kier molecular flexibility index (Phi) is 5.85. The number of benzene rings is 1. The first-order valence-electron chi connectivity index (χ1n) is 8.84. The van der Waals surface area contributed by atoms with Crippen LogP contribution in [0.3, 0.4) is 0 Å².